The predicted octanol–water partition coefficient (Wildman–Crippen LogP) is 6.27. The first-order valence-corrected chi connectivity index (χ1v) is 11.4. The largest absolute Gasteiger partial charge is 0.486 e. The van der Waals surface area contributed by atoms with Gasteiger partial charge in [-0.15, -0.1) is 0 Å². The maximum Gasteiger partial charge on any atom is 0.419 e. The molecule has 0 aliphatic carbocycles. The lowest BCUT2D eigenvalue weighted by atomic mass is 10.0. The van der Waals surface area contributed by atoms with Crippen LogP contribution < -0.4 is 10.1 Å². The Kier molecular flexibility index (Phi) is 6.86. The number of nitrogens with one attached hydrogen (secondary N) is 1. The molecule has 1 fully saturated rings. The van der Waals surface area contributed by atoms with Crippen LogP contribution in [0.2, 0.25) is 0 Å². The quantitative estimate of drug-likeness (QED) is 0.410. The van der Waals surface area contributed by atoms with Crippen LogP contribution in [-0.2, 0) is 6.18 Å². The zero-order valence-corrected chi connectivity index (χ0v) is 19.9. The number of nitrogens with zero attached hydrogens (tertiary/aromatic N) is 3. The van der Waals surface area contributed by atoms with Crippen LogP contribution in [0.15, 0.2) is 30.3 Å². The lowest BCUT2D eigenvalue weighted by molar-refractivity contribution is -0.140. The number of benzene rings is 2. The summed E-state index contributed by atoms with van der Waals surface area (Å²) in [6, 6.07) is 5.15. The molecule has 0 radical (unpaired) electrons. The molecule has 0 saturated carbocycles. The number of aromatic nitrogens is 2. The summed E-state index contributed by atoms with van der Waals surface area (Å²) in [6.07, 6.45) is -3.09. The number of likely N-dealkylation sites (tertiary alicyclic amines) is 1. The van der Waals surface area contributed by atoms with Gasteiger partial charge >= 0.3 is 6.18 Å². The van der Waals surface area contributed by atoms with E-state index in [9.17, 15) is 22.0 Å². The molecule has 188 valence electrons. The van der Waals surface area contributed by atoms with Crippen LogP contribution >= 0.6 is 0 Å². The summed E-state index contributed by atoms with van der Waals surface area (Å²) in [7, 11) is 2.00. The summed E-state index contributed by atoms with van der Waals surface area (Å²) in [5, 5.41) is 3.39. The Balaban J connectivity index is 1.68. The summed E-state index contributed by atoms with van der Waals surface area (Å²) in [4.78, 5) is 10.8. The third-order valence-corrected chi connectivity index (χ3v) is 6.45. The molecular formula is C25H27F5N4O. The van der Waals surface area contributed by atoms with Crippen molar-refractivity contribution in [2.24, 2.45) is 0 Å². The maximum absolute atomic E-state index is 14.9. The fourth-order valence-corrected chi connectivity index (χ4v) is 4.64. The number of anilines is 1. The van der Waals surface area contributed by atoms with Gasteiger partial charge in [-0.1, -0.05) is 12.1 Å². The molecule has 2 aromatic carbocycles. The van der Waals surface area contributed by atoms with Crippen molar-refractivity contribution in [3.05, 3.63) is 58.9 Å². The molecule has 1 aromatic heterocycles. The molecule has 35 heavy (non-hydrogen) atoms. The van der Waals surface area contributed by atoms with Gasteiger partial charge in [0.15, 0.2) is 11.6 Å². The van der Waals surface area contributed by atoms with Gasteiger partial charge < -0.3 is 10.1 Å². The first-order valence-electron chi connectivity index (χ1n) is 11.4. The molecule has 1 aliphatic heterocycles. The van der Waals surface area contributed by atoms with Gasteiger partial charge in [-0.2, -0.15) is 13.2 Å². The van der Waals surface area contributed by atoms with Crippen LogP contribution in [-0.4, -0.2) is 40.6 Å². The van der Waals surface area contributed by atoms with E-state index < -0.39 is 29.4 Å². The van der Waals surface area contributed by atoms with Crippen LogP contribution in [0.3, 0.4) is 0 Å². The topological polar surface area (TPSA) is 50.3 Å². The zero-order chi connectivity index (χ0) is 25.5. The van der Waals surface area contributed by atoms with E-state index >= 15 is 0 Å². The molecular weight excluding hydrogens is 467 g/mol. The lowest BCUT2D eigenvalue weighted by Gasteiger charge is -2.27. The molecule has 0 unspecified atom stereocenters. The first-order chi connectivity index (χ1) is 16.5. The molecule has 3 aromatic rings. The number of rotatable bonds is 6. The number of hydrogen-bond acceptors (Lipinski definition) is 5. The van der Waals surface area contributed by atoms with E-state index in [2.05, 4.69) is 20.2 Å². The van der Waals surface area contributed by atoms with Gasteiger partial charge in [0.25, 0.3) is 0 Å². The number of ether oxygens (including phenoxy) is 1. The SMILES string of the molecule is Cc1nc(N[C@H](C)c2cccc(C(F)(F)F)c2F)c2cc(O[C@@H](C)[C@@H]3CCCN3C)c(F)cc2n1. The highest BCUT2D eigenvalue weighted by molar-refractivity contribution is 5.90. The standard InChI is InChI=1S/C25H27F5N4O/c1-13(16-7-5-8-18(23(16)27)25(28,29)30)31-24-17-11-22(19(26)12-20(17)32-15(3)33-24)35-14(2)21-9-6-10-34(21)4/h5,7-8,11-14,21H,6,9-10H2,1-4H3,(H,31,32,33)/t13-,14+,21+/m1/s1. The number of halogens is 5. The van der Waals surface area contributed by atoms with Gasteiger partial charge in [0.05, 0.1) is 17.1 Å². The number of hydrogen-bond donors (Lipinski definition) is 1. The fourth-order valence-electron chi connectivity index (χ4n) is 4.64. The summed E-state index contributed by atoms with van der Waals surface area (Å²) in [5.74, 6) is -1.33. The normalized spacial score (nSPS) is 18.6. The minimum Gasteiger partial charge on any atom is -0.486 e. The van der Waals surface area contributed by atoms with Crippen molar-refractivity contribution in [3.63, 3.8) is 0 Å². The Morgan fingerprint density at radius 1 is 1.14 bits per heavy atom. The van der Waals surface area contributed by atoms with Crippen molar-refractivity contribution in [2.75, 3.05) is 18.9 Å². The maximum atomic E-state index is 14.9. The Morgan fingerprint density at radius 2 is 1.89 bits per heavy atom. The molecule has 2 heterocycles. The highest BCUT2D eigenvalue weighted by atomic mass is 19.4. The zero-order valence-electron chi connectivity index (χ0n) is 19.9. The van der Waals surface area contributed by atoms with Crippen LogP contribution in [0.5, 0.6) is 5.75 Å². The monoisotopic (exact) mass is 494 g/mol. The van der Waals surface area contributed by atoms with E-state index in [4.69, 9.17) is 4.74 Å². The third kappa shape index (κ3) is 5.17. The molecule has 1 saturated heterocycles. The van der Waals surface area contributed by atoms with Gasteiger partial charge in [0.1, 0.15) is 23.6 Å². The van der Waals surface area contributed by atoms with E-state index in [1.807, 2.05) is 14.0 Å². The number of likely N-dealkylation sites (N-methyl/N-ethyl adjacent to an activating group) is 1. The molecule has 3 atom stereocenters. The number of aryl methyl sites for hydroxylation is 1. The van der Waals surface area contributed by atoms with Crippen LogP contribution in [0.25, 0.3) is 10.9 Å². The Morgan fingerprint density at radius 3 is 2.54 bits per heavy atom. The number of fused-ring (bicyclic) bond motifs is 1. The van der Waals surface area contributed by atoms with Crippen molar-refractivity contribution < 1.29 is 26.7 Å². The Hall–Kier alpha value is -3.01. The highest BCUT2D eigenvalue weighted by Gasteiger charge is 2.35. The van der Waals surface area contributed by atoms with Gasteiger partial charge in [0.2, 0.25) is 0 Å². The molecule has 1 N–H and O–H groups in total. The van der Waals surface area contributed by atoms with Crippen molar-refractivity contribution in [2.45, 2.75) is 58.0 Å². The van der Waals surface area contributed by atoms with Crippen LogP contribution in [0, 0.1) is 18.6 Å². The van der Waals surface area contributed by atoms with Crippen LogP contribution in [0.4, 0.5) is 27.8 Å². The highest BCUT2D eigenvalue weighted by Crippen LogP contribution is 2.36. The van der Waals surface area contributed by atoms with E-state index in [-0.39, 0.29) is 29.3 Å². The smallest absolute Gasteiger partial charge is 0.419 e. The van der Waals surface area contributed by atoms with Gasteiger partial charge in [-0.05, 0) is 59.3 Å². The minimum atomic E-state index is -4.81. The van der Waals surface area contributed by atoms with Crippen molar-refractivity contribution >= 4 is 16.7 Å². The molecule has 0 spiro atoms. The van der Waals surface area contributed by atoms with E-state index in [0.717, 1.165) is 25.5 Å². The average molecular weight is 495 g/mol. The molecule has 1 aliphatic rings. The van der Waals surface area contributed by atoms with Gasteiger partial charge in [0, 0.05) is 23.1 Å². The first kappa shape index (κ1) is 25.1. The molecule has 10 heteroatoms. The molecule has 5 nitrogen and oxygen atoms in total. The Labute approximate surface area is 200 Å². The predicted molar refractivity (Wildman–Crippen MR) is 123 cm³/mol. The van der Waals surface area contributed by atoms with Crippen molar-refractivity contribution in [1.29, 1.82) is 0 Å². The fraction of sp³-hybridized carbons (Fsp3) is 0.440. The Bertz CT molecular complexity index is 1230. The summed E-state index contributed by atoms with van der Waals surface area (Å²) in [6.45, 7) is 5.98. The second kappa shape index (κ2) is 9.56. The molecule has 0 bridgehead atoms. The lowest BCUT2D eigenvalue weighted by Crippen LogP contribution is -2.38. The van der Waals surface area contributed by atoms with Gasteiger partial charge in [-0.25, -0.2) is 18.7 Å². The van der Waals surface area contributed by atoms with E-state index in [0.29, 0.717) is 22.8 Å². The van der Waals surface area contributed by atoms with E-state index in [1.54, 1.807) is 6.92 Å². The summed E-state index contributed by atoms with van der Waals surface area (Å²) < 4.78 is 75.1. The minimum absolute atomic E-state index is 0.0266. The van der Waals surface area contributed by atoms with Crippen molar-refractivity contribution in [1.82, 2.24) is 14.9 Å². The second-order valence-electron chi connectivity index (χ2n) is 9.00. The third-order valence-electron chi connectivity index (χ3n) is 6.45. The summed E-state index contributed by atoms with van der Waals surface area (Å²) in [5.41, 5.74) is -1.20. The summed E-state index contributed by atoms with van der Waals surface area (Å²) >= 11 is 0. The molecule has 4 rings (SSSR count). The van der Waals surface area contributed by atoms with Crippen molar-refractivity contribution in [3.8, 4) is 5.75 Å². The van der Waals surface area contributed by atoms with Gasteiger partial charge in [-0.3, -0.25) is 4.90 Å². The second-order valence-corrected chi connectivity index (χ2v) is 9.00. The van der Waals surface area contributed by atoms with Crippen LogP contribution in [0.1, 0.15) is 49.7 Å². The average Bonchev–Trinajstić information content (AvgIpc) is 3.19. The van der Waals surface area contributed by atoms with E-state index in [1.165, 1.54) is 25.1 Å². The number of alkyl halides is 3. The molecule has 0 amide bonds.